The number of carboxylic acids is 1. The second-order valence-corrected chi connectivity index (χ2v) is 5.83. The minimum atomic E-state index is -0.830. The van der Waals surface area contributed by atoms with Crippen molar-refractivity contribution in [2.24, 2.45) is 11.8 Å². The Kier molecular flexibility index (Phi) is 5.29. The molecular weight excluding hydrogens is 306 g/mol. The number of hydrogen-bond donors (Lipinski definition) is 1. The smallest absolute Gasteiger partial charge is 0.308 e. The first kappa shape index (κ1) is 16.6. The molecule has 3 rings (SSSR count). The Morgan fingerprint density at radius 2 is 1.95 bits per heavy atom. The van der Waals surface area contributed by atoms with Crippen LogP contribution in [0.1, 0.15) is 29.6 Å². The first-order valence-corrected chi connectivity index (χ1v) is 7.39. The SMILES string of the molecule is Cl.O=C(O)C1CCN(C(=O)c2ccccc2OCC2CC2)C1. The molecule has 22 heavy (non-hydrogen) atoms. The van der Waals surface area contributed by atoms with E-state index in [-0.39, 0.29) is 24.9 Å². The van der Waals surface area contributed by atoms with Crippen molar-refractivity contribution in [1.29, 1.82) is 0 Å². The lowest BCUT2D eigenvalue weighted by atomic mass is 10.1. The summed E-state index contributed by atoms with van der Waals surface area (Å²) in [5, 5.41) is 9.03. The molecule has 1 aliphatic carbocycles. The van der Waals surface area contributed by atoms with Crippen LogP contribution in [-0.2, 0) is 4.79 Å². The second kappa shape index (κ2) is 7.01. The van der Waals surface area contributed by atoms with E-state index in [1.807, 2.05) is 12.1 Å². The van der Waals surface area contributed by atoms with E-state index in [2.05, 4.69) is 0 Å². The molecule has 2 fully saturated rings. The van der Waals surface area contributed by atoms with Crippen LogP contribution in [0.25, 0.3) is 0 Å². The van der Waals surface area contributed by atoms with Gasteiger partial charge in [-0.2, -0.15) is 0 Å². The summed E-state index contributed by atoms with van der Waals surface area (Å²) in [6, 6.07) is 7.21. The van der Waals surface area contributed by atoms with Gasteiger partial charge in [-0.1, -0.05) is 12.1 Å². The van der Waals surface area contributed by atoms with Crippen LogP contribution >= 0.6 is 12.4 Å². The Bertz CT molecular complexity index is 559. The fourth-order valence-corrected chi connectivity index (χ4v) is 2.58. The molecule has 1 N–H and O–H groups in total. The van der Waals surface area contributed by atoms with Crippen LogP contribution in [0.2, 0.25) is 0 Å². The van der Waals surface area contributed by atoms with Crippen molar-refractivity contribution in [2.75, 3.05) is 19.7 Å². The second-order valence-electron chi connectivity index (χ2n) is 5.83. The number of benzene rings is 1. The quantitative estimate of drug-likeness (QED) is 0.903. The van der Waals surface area contributed by atoms with Gasteiger partial charge in [0.05, 0.1) is 18.1 Å². The van der Waals surface area contributed by atoms with E-state index in [0.29, 0.717) is 36.8 Å². The van der Waals surface area contributed by atoms with Crippen LogP contribution in [0.5, 0.6) is 5.75 Å². The third-order valence-electron chi connectivity index (χ3n) is 4.11. The molecule has 0 aromatic heterocycles. The highest BCUT2D eigenvalue weighted by molar-refractivity contribution is 5.97. The van der Waals surface area contributed by atoms with Gasteiger partial charge in [-0.15, -0.1) is 12.4 Å². The predicted molar refractivity (Wildman–Crippen MR) is 83.6 cm³/mol. The standard InChI is InChI=1S/C16H19NO4.ClH/c18-15(17-8-7-12(9-17)16(19)20)13-3-1-2-4-14(13)21-10-11-5-6-11;/h1-4,11-12H,5-10H2,(H,19,20);1H. The van der Waals surface area contributed by atoms with E-state index in [1.54, 1.807) is 17.0 Å². The van der Waals surface area contributed by atoms with Crippen LogP contribution in [0, 0.1) is 11.8 Å². The zero-order valence-corrected chi connectivity index (χ0v) is 13.1. The summed E-state index contributed by atoms with van der Waals surface area (Å²) in [6.07, 6.45) is 2.91. The monoisotopic (exact) mass is 325 g/mol. The zero-order chi connectivity index (χ0) is 14.8. The van der Waals surface area contributed by atoms with Crippen LogP contribution in [0.3, 0.4) is 0 Å². The summed E-state index contributed by atoms with van der Waals surface area (Å²) in [5.41, 5.74) is 0.532. The van der Waals surface area contributed by atoms with Crippen LogP contribution < -0.4 is 4.74 Å². The highest BCUT2D eigenvalue weighted by Gasteiger charge is 2.32. The first-order chi connectivity index (χ1) is 10.1. The van der Waals surface area contributed by atoms with Crippen LogP contribution in [0.15, 0.2) is 24.3 Å². The molecule has 1 saturated carbocycles. The Morgan fingerprint density at radius 3 is 2.59 bits per heavy atom. The van der Waals surface area contributed by atoms with Crippen molar-refractivity contribution < 1.29 is 19.4 Å². The number of para-hydroxylation sites is 1. The van der Waals surface area contributed by atoms with Crippen molar-refractivity contribution in [2.45, 2.75) is 19.3 Å². The van der Waals surface area contributed by atoms with Gasteiger partial charge in [0.15, 0.2) is 0 Å². The number of nitrogens with zero attached hydrogens (tertiary/aromatic N) is 1. The predicted octanol–water partition coefficient (Wildman–Crippen LogP) is 2.44. The molecule has 5 nitrogen and oxygen atoms in total. The lowest BCUT2D eigenvalue weighted by Gasteiger charge is -2.18. The molecule has 0 spiro atoms. The van der Waals surface area contributed by atoms with Gasteiger partial charge in [0.1, 0.15) is 5.75 Å². The maximum atomic E-state index is 12.5. The molecule has 1 amide bonds. The summed E-state index contributed by atoms with van der Waals surface area (Å²) < 4.78 is 5.75. The summed E-state index contributed by atoms with van der Waals surface area (Å²) in [7, 11) is 0. The fourth-order valence-electron chi connectivity index (χ4n) is 2.58. The number of amides is 1. The number of halogens is 1. The minimum Gasteiger partial charge on any atom is -0.492 e. The van der Waals surface area contributed by atoms with E-state index in [9.17, 15) is 9.59 Å². The van der Waals surface area contributed by atoms with Crippen molar-refractivity contribution in [3.63, 3.8) is 0 Å². The summed E-state index contributed by atoms with van der Waals surface area (Å²) in [4.78, 5) is 25.2. The van der Waals surface area contributed by atoms with E-state index < -0.39 is 11.9 Å². The van der Waals surface area contributed by atoms with Gasteiger partial charge in [-0.25, -0.2) is 0 Å². The molecule has 0 bridgehead atoms. The number of aliphatic carboxylic acids is 1. The Balaban J connectivity index is 0.00000176. The molecule has 1 aliphatic heterocycles. The van der Waals surface area contributed by atoms with Gasteiger partial charge in [0, 0.05) is 13.1 Å². The molecule has 1 heterocycles. The van der Waals surface area contributed by atoms with E-state index in [4.69, 9.17) is 9.84 Å². The number of carboxylic acid groups (broad SMARTS) is 1. The summed E-state index contributed by atoms with van der Waals surface area (Å²) in [5.74, 6) is -0.188. The largest absolute Gasteiger partial charge is 0.492 e. The maximum absolute atomic E-state index is 12.5. The van der Waals surface area contributed by atoms with Crippen molar-refractivity contribution >= 4 is 24.3 Å². The van der Waals surface area contributed by atoms with E-state index in [0.717, 1.165) is 0 Å². The maximum Gasteiger partial charge on any atom is 0.308 e. The third kappa shape index (κ3) is 3.71. The van der Waals surface area contributed by atoms with Gasteiger partial charge < -0.3 is 14.7 Å². The number of hydrogen-bond acceptors (Lipinski definition) is 3. The summed E-state index contributed by atoms with van der Waals surface area (Å²) >= 11 is 0. The number of carbonyl (C=O) groups is 2. The van der Waals surface area contributed by atoms with Crippen molar-refractivity contribution in [3.05, 3.63) is 29.8 Å². The Morgan fingerprint density at radius 1 is 1.23 bits per heavy atom. The molecular formula is C16H20ClNO4. The highest BCUT2D eigenvalue weighted by atomic mass is 35.5. The van der Waals surface area contributed by atoms with Crippen LogP contribution in [-0.4, -0.2) is 41.6 Å². The third-order valence-corrected chi connectivity index (χ3v) is 4.11. The molecule has 0 radical (unpaired) electrons. The lowest BCUT2D eigenvalue weighted by Crippen LogP contribution is -2.30. The highest BCUT2D eigenvalue weighted by Crippen LogP contribution is 2.31. The molecule has 2 aliphatic rings. The molecule has 120 valence electrons. The fraction of sp³-hybridized carbons (Fsp3) is 0.500. The van der Waals surface area contributed by atoms with Crippen molar-refractivity contribution in [3.8, 4) is 5.75 Å². The Hall–Kier alpha value is -1.75. The van der Waals surface area contributed by atoms with Gasteiger partial charge in [0.2, 0.25) is 0 Å². The summed E-state index contributed by atoms with van der Waals surface area (Å²) in [6.45, 7) is 1.43. The number of carbonyl (C=O) groups excluding carboxylic acids is 1. The molecule has 1 atom stereocenters. The normalized spacial score (nSPS) is 20.4. The average Bonchev–Trinajstić information content (AvgIpc) is 3.18. The molecule has 1 saturated heterocycles. The molecule has 1 aromatic carbocycles. The van der Waals surface area contributed by atoms with Gasteiger partial charge >= 0.3 is 5.97 Å². The van der Waals surface area contributed by atoms with Crippen LogP contribution in [0.4, 0.5) is 0 Å². The van der Waals surface area contributed by atoms with Crippen molar-refractivity contribution in [1.82, 2.24) is 4.90 Å². The van der Waals surface area contributed by atoms with Gasteiger partial charge in [-0.3, -0.25) is 9.59 Å². The number of ether oxygens (including phenoxy) is 1. The molecule has 1 unspecified atom stereocenters. The van der Waals surface area contributed by atoms with Gasteiger partial charge in [-0.05, 0) is 37.3 Å². The van der Waals surface area contributed by atoms with E-state index >= 15 is 0 Å². The molecule has 6 heteroatoms. The minimum absolute atomic E-state index is 0. The average molecular weight is 326 g/mol. The Labute approximate surface area is 135 Å². The van der Waals surface area contributed by atoms with E-state index in [1.165, 1.54) is 12.8 Å². The topological polar surface area (TPSA) is 66.8 Å². The lowest BCUT2D eigenvalue weighted by molar-refractivity contribution is -0.141. The first-order valence-electron chi connectivity index (χ1n) is 7.39. The molecule has 1 aromatic rings. The number of likely N-dealkylation sites (tertiary alicyclic amines) is 1. The zero-order valence-electron chi connectivity index (χ0n) is 12.2. The number of rotatable bonds is 5. The van der Waals surface area contributed by atoms with Gasteiger partial charge in [0.25, 0.3) is 5.91 Å².